The van der Waals surface area contributed by atoms with Crippen LogP contribution >= 0.6 is 11.6 Å². The average molecular weight is 364 g/mol. The van der Waals surface area contributed by atoms with E-state index in [4.69, 9.17) is 22.1 Å². The first kappa shape index (κ1) is 17.8. The summed E-state index contributed by atoms with van der Waals surface area (Å²) >= 11 is 5.96. The molecule has 2 aromatic carbocycles. The Balaban J connectivity index is 2.05. The lowest BCUT2D eigenvalue weighted by atomic mass is 9.98. The molecule has 0 spiro atoms. The third-order valence-corrected chi connectivity index (χ3v) is 4.19. The number of hydrogen-bond donors (Lipinski definition) is 1. The van der Waals surface area contributed by atoms with Gasteiger partial charge >= 0.3 is 0 Å². The second kappa shape index (κ2) is 7.90. The first-order chi connectivity index (χ1) is 12.6. The van der Waals surface area contributed by atoms with E-state index < -0.39 is 0 Å². The van der Waals surface area contributed by atoms with Gasteiger partial charge in [0, 0.05) is 16.1 Å². The van der Waals surface area contributed by atoms with Crippen LogP contribution in [0.3, 0.4) is 0 Å². The van der Waals surface area contributed by atoms with E-state index in [1.165, 1.54) is 0 Å². The number of anilines is 1. The van der Waals surface area contributed by atoms with Crippen LogP contribution in [0.4, 0.5) is 5.82 Å². The molecular weight excluding hydrogens is 346 g/mol. The van der Waals surface area contributed by atoms with Crippen molar-refractivity contribution in [2.75, 3.05) is 12.3 Å². The van der Waals surface area contributed by atoms with E-state index in [1.807, 2.05) is 42.5 Å². The van der Waals surface area contributed by atoms with Crippen molar-refractivity contribution in [2.24, 2.45) is 0 Å². The molecule has 26 heavy (non-hydrogen) atoms. The number of halogens is 1. The number of nitrogens with two attached hydrogens (primary N) is 1. The minimum Gasteiger partial charge on any atom is -0.494 e. The summed E-state index contributed by atoms with van der Waals surface area (Å²) < 4.78 is 5.62. The highest BCUT2D eigenvalue weighted by Crippen LogP contribution is 2.32. The van der Waals surface area contributed by atoms with Gasteiger partial charge in [0.15, 0.2) is 0 Å². The molecule has 0 aliphatic rings. The highest BCUT2D eigenvalue weighted by Gasteiger charge is 2.13. The highest BCUT2D eigenvalue weighted by molar-refractivity contribution is 6.30. The Morgan fingerprint density at radius 2 is 1.73 bits per heavy atom. The van der Waals surface area contributed by atoms with Crippen molar-refractivity contribution in [3.05, 3.63) is 65.2 Å². The lowest BCUT2D eigenvalue weighted by molar-refractivity contribution is 0.317. The predicted molar refractivity (Wildman–Crippen MR) is 105 cm³/mol. The third kappa shape index (κ3) is 3.79. The van der Waals surface area contributed by atoms with Crippen LogP contribution in [-0.2, 0) is 0 Å². The van der Waals surface area contributed by atoms with Crippen molar-refractivity contribution < 1.29 is 4.74 Å². The molecule has 0 aliphatic carbocycles. The van der Waals surface area contributed by atoms with Crippen molar-refractivity contribution in [3.8, 4) is 34.2 Å². The minimum atomic E-state index is 0.209. The van der Waals surface area contributed by atoms with Crippen LogP contribution in [0.1, 0.15) is 18.9 Å². The molecular formula is C21H18ClN3O. The van der Waals surface area contributed by atoms with E-state index in [-0.39, 0.29) is 5.82 Å². The van der Waals surface area contributed by atoms with Gasteiger partial charge in [0.05, 0.1) is 12.3 Å². The number of benzene rings is 2. The average Bonchev–Trinajstić information content (AvgIpc) is 2.66. The van der Waals surface area contributed by atoms with E-state index in [0.717, 1.165) is 28.9 Å². The summed E-state index contributed by atoms with van der Waals surface area (Å²) in [7, 11) is 0. The summed E-state index contributed by atoms with van der Waals surface area (Å²) in [5, 5.41) is 10.2. The first-order valence-electron chi connectivity index (χ1n) is 8.32. The van der Waals surface area contributed by atoms with Crippen molar-refractivity contribution >= 4 is 17.4 Å². The molecule has 1 aromatic heterocycles. The normalized spacial score (nSPS) is 10.3. The Morgan fingerprint density at radius 1 is 1.08 bits per heavy atom. The standard InChI is InChI=1S/C21H18ClN3O/c1-2-11-26-17-9-5-14(6-10-17)18-12-20(25-21(24)19(18)13-23)15-3-7-16(22)8-4-15/h3-10,12H,2,11H2,1H3,(H2,24,25). The van der Waals surface area contributed by atoms with E-state index >= 15 is 0 Å². The van der Waals surface area contributed by atoms with Gasteiger partial charge in [0.1, 0.15) is 23.2 Å². The molecule has 0 amide bonds. The zero-order valence-electron chi connectivity index (χ0n) is 14.4. The van der Waals surface area contributed by atoms with Gasteiger partial charge in [0.2, 0.25) is 0 Å². The third-order valence-electron chi connectivity index (χ3n) is 3.94. The highest BCUT2D eigenvalue weighted by atomic mass is 35.5. The lowest BCUT2D eigenvalue weighted by Gasteiger charge is -2.11. The van der Waals surface area contributed by atoms with Crippen molar-refractivity contribution in [1.82, 2.24) is 4.98 Å². The van der Waals surface area contributed by atoms with Gasteiger partial charge in [-0.05, 0) is 42.3 Å². The smallest absolute Gasteiger partial charge is 0.142 e. The number of nitrogens with zero attached hydrogens (tertiary/aromatic N) is 2. The van der Waals surface area contributed by atoms with Crippen LogP contribution in [0.15, 0.2) is 54.6 Å². The monoisotopic (exact) mass is 363 g/mol. The van der Waals surface area contributed by atoms with Gasteiger partial charge in [-0.25, -0.2) is 4.98 Å². The second-order valence-corrected chi connectivity index (χ2v) is 6.24. The number of nitrogen functional groups attached to an aromatic ring is 1. The van der Waals surface area contributed by atoms with Crippen molar-refractivity contribution in [3.63, 3.8) is 0 Å². The summed E-state index contributed by atoms with van der Waals surface area (Å²) in [5.41, 5.74) is 9.62. The van der Waals surface area contributed by atoms with Gasteiger partial charge < -0.3 is 10.5 Å². The van der Waals surface area contributed by atoms with Crippen LogP contribution < -0.4 is 10.5 Å². The van der Waals surface area contributed by atoms with E-state index in [9.17, 15) is 5.26 Å². The molecule has 0 radical (unpaired) electrons. The summed E-state index contributed by atoms with van der Waals surface area (Å²) in [5.74, 6) is 1.01. The zero-order valence-corrected chi connectivity index (χ0v) is 15.1. The largest absolute Gasteiger partial charge is 0.494 e. The summed E-state index contributed by atoms with van der Waals surface area (Å²) in [6.45, 7) is 2.73. The Bertz CT molecular complexity index is 945. The molecule has 0 unspecified atom stereocenters. The van der Waals surface area contributed by atoms with E-state index in [2.05, 4.69) is 18.0 Å². The Labute approximate surface area is 157 Å². The molecule has 0 aliphatic heterocycles. The molecule has 3 aromatic rings. The fourth-order valence-corrected chi connectivity index (χ4v) is 2.76. The van der Waals surface area contributed by atoms with E-state index in [0.29, 0.717) is 22.9 Å². The molecule has 0 fully saturated rings. The number of nitriles is 1. The fourth-order valence-electron chi connectivity index (χ4n) is 2.63. The lowest BCUT2D eigenvalue weighted by Crippen LogP contribution is -2.00. The molecule has 0 saturated carbocycles. The van der Waals surface area contributed by atoms with Crippen LogP contribution in [0.2, 0.25) is 5.02 Å². The summed E-state index contributed by atoms with van der Waals surface area (Å²) in [6, 6.07) is 19.0. The minimum absolute atomic E-state index is 0.209. The number of ether oxygens (including phenoxy) is 1. The Hall–Kier alpha value is -3.03. The number of hydrogen-bond acceptors (Lipinski definition) is 4. The van der Waals surface area contributed by atoms with Gasteiger partial charge in [-0.1, -0.05) is 42.8 Å². The Kier molecular flexibility index (Phi) is 5.40. The van der Waals surface area contributed by atoms with Crippen LogP contribution in [0.5, 0.6) is 5.75 Å². The molecule has 0 atom stereocenters. The van der Waals surface area contributed by atoms with E-state index in [1.54, 1.807) is 12.1 Å². The summed E-state index contributed by atoms with van der Waals surface area (Å²) in [4.78, 5) is 4.38. The zero-order chi connectivity index (χ0) is 18.5. The molecule has 5 heteroatoms. The number of pyridine rings is 1. The van der Waals surface area contributed by atoms with Gasteiger partial charge in [-0.15, -0.1) is 0 Å². The number of rotatable bonds is 5. The predicted octanol–water partition coefficient (Wildman–Crippen LogP) is 5.31. The maximum absolute atomic E-state index is 9.52. The van der Waals surface area contributed by atoms with Crippen molar-refractivity contribution in [2.45, 2.75) is 13.3 Å². The second-order valence-electron chi connectivity index (χ2n) is 5.81. The van der Waals surface area contributed by atoms with Crippen LogP contribution in [0.25, 0.3) is 22.4 Å². The first-order valence-corrected chi connectivity index (χ1v) is 8.70. The van der Waals surface area contributed by atoms with Gasteiger partial charge in [-0.2, -0.15) is 5.26 Å². The molecule has 4 nitrogen and oxygen atoms in total. The van der Waals surface area contributed by atoms with Gasteiger partial charge in [0.25, 0.3) is 0 Å². The molecule has 1 heterocycles. The van der Waals surface area contributed by atoms with Gasteiger partial charge in [-0.3, -0.25) is 0 Å². The van der Waals surface area contributed by atoms with Crippen molar-refractivity contribution in [1.29, 1.82) is 5.26 Å². The molecule has 3 rings (SSSR count). The maximum Gasteiger partial charge on any atom is 0.142 e. The topological polar surface area (TPSA) is 71.9 Å². The quantitative estimate of drug-likeness (QED) is 0.666. The molecule has 130 valence electrons. The molecule has 2 N–H and O–H groups in total. The molecule has 0 bridgehead atoms. The van der Waals surface area contributed by atoms with Crippen LogP contribution in [-0.4, -0.2) is 11.6 Å². The number of aromatic nitrogens is 1. The maximum atomic E-state index is 9.52. The fraction of sp³-hybridized carbons (Fsp3) is 0.143. The SMILES string of the molecule is CCCOc1ccc(-c2cc(-c3ccc(Cl)cc3)nc(N)c2C#N)cc1. The van der Waals surface area contributed by atoms with Crippen LogP contribution in [0, 0.1) is 11.3 Å². The summed E-state index contributed by atoms with van der Waals surface area (Å²) in [6.07, 6.45) is 0.950. The Morgan fingerprint density at radius 3 is 2.35 bits per heavy atom. The molecule has 0 saturated heterocycles.